The van der Waals surface area contributed by atoms with Crippen molar-refractivity contribution in [1.29, 1.82) is 0 Å². The van der Waals surface area contributed by atoms with E-state index in [4.69, 9.17) is 5.73 Å². The van der Waals surface area contributed by atoms with Crippen LogP contribution in [0, 0.1) is 12.3 Å². The summed E-state index contributed by atoms with van der Waals surface area (Å²) in [6.45, 7) is 8.62. The molecule has 0 saturated carbocycles. The number of carbonyl (C=O) groups is 1. The van der Waals surface area contributed by atoms with Crippen LogP contribution in [-0.2, 0) is 0 Å². The number of nitrogens with one attached hydrogen (secondary N) is 1. The van der Waals surface area contributed by atoms with Crippen LogP contribution in [0.2, 0.25) is 0 Å². The maximum Gasteiger partial charge on any atom is 0.255 e. The molecule has 4 nitrogen and oxygen atoms in total. The van der Waals surface area contributed by atoms with Crippen molar-refractivity contribution in [3.63, 3.8) is 0 Å². The minimum atomic E-state index is -0.287. The average Bonchev–Trinajstić information content (AvgIpc) is 2.27. The van der Waals surface area contributed by atoms with Gasteiger partial charge in [0.25, 0.3) is 5.91 Å². The van der Waals surface area contributed by atoms with Gasteiger partial charge in [-0.05, 0) is 30.9 Å². The molecule has 4 N–H and O–H groups in total. The Bertz CT molecular complexity index is 450. The minimum Gasteiger partial charge on any atom is -0.507 e. The number of aryl methyl sites for hydroxylation is 1. The fraction of sp³-hybridized carbons (Fsp3) is 0.533. The Hall–Kier alpha value is -1.55. The van der Waals surface area contributed by atoms with Gasteiger partial charge in [0.15, 0.2) is 0 Å². The van der Waals surface area contributed by atoms with Crippen molar-refractivity contribution in [2.45, 2.75) is 40.2 Å². The molecular formula is C15H24N2O2. The fourth-order valence-electron chi connectivity index (χ4n) is 2.01. The predicted molar refractivity (Wildman–Crippen MR) is 77.2 cm³/mol. The molecule has 0 heterocycles. The van der Waals surface area contributed by atoms with Gasteiger partial charge in [-0.2, -0.15) is 0 Å². The highest BCUT2D eigenvalue weighted by Crippen LogP contribution is 2.20. The van der Waals surface area contributed by atoms with Crippen LogP contribution < -0.4 is 11.1 Å². The Morgan fingerprint density at radius 1 is 1.42 bits per heavy atom. The molecule has 106 valence electrons. The lowest BCUT2D eigenvalue weighted by Gasteiger charge is -2.23. The Kier molecular flexibility index (Phi) is 4.95. The molecule has 19 heavy (non-hydrogen) atoms. The summed E-state index contributed by atoms with van der Waals surface area (Å²) >= 11 is 0. The molecule has 1 amide bonds. The molecule has 1 aromatic rings. The summed E-state index contributed by atoms with van der Waals surface area (Å²) in [5.74, 6) is -0.293. The van der Waals surface area contributed by atoms with Crippen LogP contribution in [0.4, 0.5) is 0 Å². The number of amides is 1. The van der Waals surface area contributed by atoms with E-state index < -0.39 is 0 Å². The molecule has 0 fully saturated rings. The first-order valence-corrected chi connectivity index (χ1v) is 6.52. The van der Waals surface area contributed by atoms with E-state index in [1.165, 1.54) is 6.07 Å². The second kappa shape index (κ2) is 6.06. The van der Waals surface area contributed by atoms with Gasteiger partial charge >= 0.3 is 0 Å². The first kappa shape index (κ1) is 15.5. The summed E-state index contributed by atoms with van der Waals surface area (Å²) in [6, 6.07) is 4.87. The molecular weight excluding hydrogens is 240 g/mol. The second-order valence-electron chi connectivity index (χ2n) is 6.26. The number of phenolic OH excluding ortho intramolecular Hbond substituents is 1. The lowest BCUT2D eigenvalue weighted by molar-refractivity contribution is 0.0946. The maximum absolute atomic E-state index is 12.0. The van der Waals surface area contributed by atoms with Gasteiger partial charge in [-0.1, -0.05) is 32.4 Å². The van der Waals surface area contributed by atoms with Crippen LogP contribution >= 0.6 is 0 Å². The van der Waals surface area contributed by atoms with E-state index in [0.29, 0.717) is 12.1 Å². The molecule has 4 heteroatoms. The van der Waals surface area contributed by atoms with E-state index in [1.807, 2.05) is 6.92 Å². The van der Waals surface area contributed by atoms with Crippen LogP contribution in [0.3, 0.4) is 0 Å². The summed E-state index contributed by atoms with van der Waals surface area (Å²) in [5.41, 5.74) is 7.34. The smallest absolute Gasteiger partial charge is 0.255 e. The Morgan fingerprint density at radius 2 is 2.05 bits per heavy atom. The van der Waals surface area contributed by atoms with Crippen LogP contribution in [0.5, 0.6) is 5.75 Å². The minimum absolute atomic E-state index is 0.00695. The molecule has 0 spiro atoms. The number of rotatable bonds is 4. The van der Waals surface area contributed by atoms with Gasteiger partial charge in [0, 0.05) is 12.6 Å². The lowest BCUT2D eigenvalue weighted by atomic mass is 9.88. The summed E-state index contributed by atoms with van der Waals surface area (Å²) in [5, 5.41) is 12.4. The standard InChI is InChI=1S/C15H24N2O2/c1-10-5-6-13(18)12(7-10)14(19)17-9-11(16)8-15(2,3)4/h5-7,11,18H,8-9,16H2,1-4H3,(H,17,19). The van der Waals surface area contributed by atoms with E-state index in [-0.39, 0.29) is 23.1 Å². The van der Waals surface area contributed by atoms with Gasteiger partial charge in [-0.15, -0.1) is 0 Å². The highest BCUT2D eigenvalue weighted by molar-refractivity contribution is 5.97. The van der Waals surface area contributed by atoms with Crippen molar-refractivity contribution < 1.29 is 9.90 Å². The number of hydrogen-bond acceptors (Lipinski definition) is 3. The third kappa shape index (κ3) is 5.30. The van der Waals surface area contributed by atoms with Crippen molar-refractivity contribution >= 4 is 5.91 Å². The highest BCUT2D eigenvalue weighted by Gasteiger charge is 2.17. The number of nitrogens with two attached hydrogens (primary N) is 1. The van der Waals surface area contributed by atoms with Crippen LogP contribution in [0.25, 0.3) is 0 Å². The largest absolute Gasteiger partial charge is 0.507 e. The molecule has 1 unspecified atom stereocenters. The van der Waals surface area contributed by atoms with E-state index in [9.17, 15) is 9.90 Å². The van der Waals surface area contributed by atoms with Gasteiger partial charge in [0.2, 0.25) is 0 Å². The van der Waals surface area contributed by atoms with Crippen molar-refractivity contribution in [1.82, 2.24) is 5.32 Å². The Morgan fingerprint density at radius 3 is 2.63 bits per heavy atom. The number of hydrogen-bond donors (Lipinski definition) is 3. The molecule has 0 aliphatic rings. The van der Waals surface area contributed by atoms with Crippen LogP contribution in [0.15, 0.2) is 18.2 Å². The summed E-state index contributed by atoms with van der Waals surface area (Å²) in [6.07, 6.45) is 0.826. The fourth-order valence-corrected chi connectivity index (χ4v) is 2.01. The van der Waals surface area contributed by atoms with E-state index in [1.54, 1.807) is 12.1 Å². The maximum atomic E-state index is 12.0. The van der Waals surface area contributed by atoms with Crippen LogP contribution in [-0.4, -0.2) is 23.6 Å². The lowest BCUT2D eigenvalue weighted by Crippen LogP contribution is -2.39. The highest BCUT2D eigenvalue weighted by atomic mass is 16.3. The van der Waals surface area contributed by atoms with E-state index in [0.717, 1.165) is 12.0 Å². The van der Waals surface area contributed by atoms with Gasteiger partial charge in [-0.3, -0.25) is 4.79 Å². The number of carbonyl (C=O) groups excluding carboxylic acids is 1. The van der Waals surface area contributed by atoms with Crippen molar-refractivity contribution in [2.75, 3.05) is 6.54 Å². The quantitative estimate of drug-likeness (QED) is 0.780. The van der Waals surface area contributed by atoms with E-state index >= 15 is 0 Å². The molecule has 0 aromatic heterocycles. The van der Waals surface area contributed by atoms with E-state index in [2.05, 4.69) is 26.1 Å². The molecule has 1 rings (SSSR count). The molecule has 0 bridgehead atoms. The van der Waals surface area contributed by atoms with Crippen LogP contribution in [0.1, 0.15) is 43.1 Å². The Labute approximate surface area is 115 Å². The molecule has 0 aliphatic heterocycles. The second-order valence-corrected chi connectivity index (χ2v) is 6.26. The van der Waals surface area contributed by atoms with Crippen molar-refractivity contribution in [2.24, 2.45) is 11.1 Å². The number of aromatic hydroxyl groups is 1. The monoisotopic (exact) mass is 264 g/mol. The van der Waals surface area contributed by atoms with Gasteiger partial charge in [0.05, 0.1) is 5.56 Å². The van der Waals surface area contributed by atoms with Crippen molar-refractivity contribution in [3.8, 4) is 5.75 Å². The Balaban J connectivity index is 2.58. The molecule has 1 aromatic carbocycles. The zero-order valence-corrected chi connectivity index (χ0v) is 12.2. The third-order valence-electron chi connectivity index (χ3n) is 2.80. The zero-order valence-electron chi connectivity index (χ0n) is 12.2. The summed E-state index contributed by atoms with van der Waals surface area (Å²) < 4.78 is 0. The first-order chi connectivity index (χ1) is 8.69. The number of benzene rings is 1. The first-order valence-electron chi connectivity index (χ1n) is 6.52. The average molecular weight is 264 g/mol. The normalized spacial score (nSPS) is 13.1. The van der Waals surface area contributed by atoms with Gasteiger partial charge in [0.1, 0.15) is 5.75 Å². The predicted octanol–water partition coefficient (Wildman–Crippen LogP) is 2.19. The zero-order chi connectivity index (χ0) is 14.6. The SMILES string of the molecule is Cc1ccc(O)c(C(=O)NCC(N)CC(C)(C)C)c1. The summed E-state index contributed by atoms with van der Waals surface area (Å²) in [7, 11) is 0. The topological polar surface area (TPSA) is 75.3 Å². The van der Waals surface area contributed by atoms with Crippen molar-refractivity contribution in [3.05, 3.63) is 29.3 Å². The number of phenols is 1. The molecule has 0 saturated heterocycles. The summed E-state index contributed by atoms with van der Waals surface area (Å²) in [4.78, 5) is 12.0. The molecule has 0 aliphatic carbocycles. The van der Waals surface area contributed by atoms with Gasteiger partial charge < -0.3 is 16.2 Å². The molecule has 0 radical (unpaired) electrons. The van der Waals surface area contributed by atoms with Gasteiger partial charge in [-0.25, -0.2) is 0 Å². The molecule has 1 atom stereocenters. The third-order valence-corrected chi connectivity index (χ3v) is 2.80.